The zero-order valence-electron chi connectivity index (χ0n) is 5.85. The van der Waals surface area contributed by atoms with Crippen molar-refractivity contribution in [3.63, 3.8) is 0 Å². The minimum atomic E-state index is -0.294. The van der Waals surface area contributed by atoms with Gasteiger partial charge in [0.15, 0.2) is 0 Å². The molecule has 8 heavy (non-hydrogen) atoms. The summed E-state index contributed by atoms with van der Waals surface area (Å²) in [4.78, 5) is 0. The van der Waals surface area contributed by atoms with Gasteiger partial charge in [-0.3, -0.25) is 0 Å². The van der Waals surface area contributed by atoms with Crippen molar-refractivity contribution in [1.29, 1.82) is 0 Å². The van der Waals surface area contributed by atoms with Gasteiger partial charge in [-0.1, -0.05) is 19.0 Å². The van der Waals surface area contributed by atoms with Gasteiger partial charge < -0.3 is 4.23 Å². The van der Waals surface area contributed by atoms with Crippen LogP contribution in [0.1, 0.15) is 6.42 Å². The fourth-order valence-electron chi connectivity index (χ4n) is 1.24. The molecule has 0 aliphatic carbocycles. The van der Waals surface area contributed by atoms with Crippen molar-refractivity contribution in [2.75, 3.05) is 7.05 Å². The first-order valence-electron chi connectivity index (χ1n) is 3.51. The molecular weight excluding hydrogens is 130 g/mol. The molecule has 1 saturated heterocycles. The molecule has 1 heterocycles. The molecule has 48 valence electrons. The van der Waals surface area contributed by atoms with Crippen LogP contribution in [0.4, 0.5) is 0 Å². The van der Waals surface area contributed by atoms with E-state index < -0.39 is 0 Å². The molecule has 3 heteroatoms. The molecule has 1 unspecified atom stereocenters. The lowest BCUT2D eigenvalue weighted by Crippen LogP contribution is -2.39. The molecule has 1 fully saturated rings. The first-order chi connectivity index (χ1) is 3.80. The molecule has 0 spiro atoms. The molecule has 0 N–H and O–H groups in total. The molecule has 1 nitrogen and oxygen atoms in total. The predicted octanol–water partition coefficient (Wildman–Crippen LogP) is 0.178. The fourth-order valence-corrected chi connectivity index (χ4v) is 7.01. The summed E-state index contributed by atoms with van der Waals surface area (Å²) in [5.41, 5.74) is 0. The van der Waals surface area contributed by atoms with E-state index >= 15 is 0 Å². The SMILES string of the molecule is CN1[SiH2]CCC[SiH]1C. The van der Waals surface area contributed by atoms with E-state index in [1.807, 2.05) is 0 Å². The second-order valence-corrected chi connectivity index (χ2v) is 8.86. The van der Waals surface area contributed by atoms with Crippen molar-refractivity contribution in [2.45, 2.75) is 25.1 Å². The van der Waals surface area contributed by atoms with Gasteiger partial charge in [0.05, 0.1) is 9.68 Å². The average Bonchev–Trinajstić information content (AvgIpc) is 1.77. The van der Waals surface area contributed by atoms with E-state index in [2.05, 4.69) is 17.8 Å². The molecule has 1 aliphatic heterocycles. The van der Waals surface area contributed by atoms with Crippen LogP contribution in [0.3, 0.4) is 0 Å². The van der Waals surface area contributed by atoms with Crippen LogP contribution < -0.4 is 0 Å². The van der Waals surface area contributed by atoms with E-state index in [-0.39, 0.29) is 18.6 Å². The number of hydrogen-bond acceptors (Lipinski definition) is 1. The van der Waals surface area contributed by atoms with E-state index in [9.17, 15) is 0 Å². The molecule has 1 rings (SSSR count). The predicted molar refractivity (Wildman–Crippen MR) is 43.6 cm³/mol. The first-order valence-corrected chi connectivity index (χ1v) is 7.63. The van der Waals surface area contributed by atoms with Crippen LogP contribution in [-0.2, 0) is 0 Å². The lowest BCUT2D eigenvalue weighted by atomic mass is 10.6. The highest BCUT2D eigenvalue weighted by Crippen LogP contribution is 2.10. The Morgan fingerprint density at radius 3 is 2.75 bits per heavy atom. The first kappa shape index (κ1) is 6.51. The fraction of sp³-hybridized carbons (Fsp3) is 1.00. The maximum atomic E-state index is 2.71. The Kier molecular flexibility index (Phi) is 2.28. The number of hydrogen-bond donors (Lipinski definition) is 0. The maximum Gasteiger partial charge on any atom is 0.101 e. The van der Waals surface area contributed by atoms with Gasteiger partial charge in [-0.2, -0.15) is 0 Å². The molecule has 0 radical (unpaired) electrons. The topological polar surface area (TPSA) is 3.24 Å². The lowest BCUT2D eigenvalue weighted by Gasteiger charge is -2.27. The van der Waals surface area contributed by atoms with Gasteiger partial charge in [0.2, 0.25) is 0 Å². The van der Waals surface area contributed by atoms with Gasteiger partial charge >= 0.3 is 0 Å². The molecule has 0 saturated carbocycles. The van der Waals surface area contributed by atoms with Crippen LogP contribution in [0.15, 0.2) is 0 Å². The van der Waals surface area contributed by atoms with Crippen molar-refractivity contribution in [1.82, 2.24) is 4.23 Å². The van der Waals surface area contributed by atoms with Gasteiger partial charge in [0, 0.05) is 0 Å². The summed E-state index contributed by atoms with van der Waals surface area (Å²) in [5.74, 6) is 0. The van der Waals surface area contributed by atoms with Gasteiger partial charge in [-0.05, 0) is 13.1 Å². The summed E-state index contributed by atoms with van der Waals surface area (Å²) in [7, 11) is 2.32. The van der Waals surface area contributed by atoms with Gasteiger partial charge in [0.1, 0.15) is 8.96 Å². The third-order valence-corrected chi connectivity index (χ3v) is 9.05. The Labute approximate surface area is 55.7 Å². The number of nitrogens with zero attached hydrogens (tertiary/aromatic N) is 1. The zero-order valence-corrected chi connectivity index (χ0v) is 8.42. The highest BCUT2D eigenvalue weighted by atomic mass is 28.3. The van der Waals surface area contributed by atoms with Crippen molar-refractivity contribution in [3.8, 4) is 0 Å². The summed E-state index contributed by atoms with van der Waals surface area (Å²) >= 11 is 0. The molecular formula is C5H15NSi2. The Morgan fingerprint density at radius 2 is 2.38 bits per heavy atom. The second kappa shape index (κ2) is 2.80. The summed E-state index contributed by atoms with van der Waals surface area (Å²) in [5, 5.41) is 0. The van der Waals surface area contributed by atoms with Crippen LogP contribution in [0.5, 0.6) is 0 Å². The van der Waals surface area contributed by atoms with Crippen LogP contribution in [-0.4, -0.2) is 29.9 Å². The van der Waals surface area contributed by atoms with Crippen LogP contribution in [0, 0.1) is 0 Å². The van der Waals surface area contributed by atoms with Gasteiger partial charge in [-0.25, -0.2) is 0 Å². The lowest BCUT2D eigenvalue weighted by molar-refractivity contribution is 0.759. The largest absolute Gasteiger partial charge is 0.355 e. The maximum absolute atomic E-state index is 2.71. The van der Waals surface area contributed by atoms with Crippen molar-refractivity contribution in [3.05, 3.63) is 0 Å². The quantitative estimate of drug-likeness (QED) is 0.440. The van der Waals surface area contributed by atoms with Crippen molar-refractivity contribution in [2.24, 2.45) is 0 Å². The second-order valence-electron chi connectivity index (χ2n) is 2.83. The Bertz CT molecular complexity index is 66.8. The molecule has 0 aromatic carbocycles. The van der Waals surface area contributed by atoms with E-state index in [1.54, 1.807) is 18.5 Å². The third-order valence-electron chi connectivity index (χ3n) is 2.14. The molecule has 0 aromatic heterocycles. The zero-order chi connectivity index (χ0) is 5.98. The number of rotatable bonds is 0. The highest BCUT2D eigenvalue weighted by Gasteiger charge is 2.14. The summed E-state index contributed by atoms with van der Waals surface area (Å²) < 4.78 is 2.71. The highest BCUT2D eigenvalue weighted by molar-refractivity contribution is 6.64. The smallest absolute Gasteiger partial charge is 0.101 e. The van der Waals surface area contributed by atoms with Gasteiger partial charge in [0.25, 0.3) is 0 Å². The normalized spacial score (nSPS) is 36.0. The monoisotopic (exact) mass is 145 g/mol. The summed E-state index contributed by atoms with van der Waals surface area (Å²) in [6.45, 7) is 2.48. The average molecular weight is 145 g/mol. The summed E-state index contributed by atoms with van der Waals surface area (Å²) in [6.07, 6.45) is 1.56. The Balaban J connectivity index is 2.28. The third kappa shape index (κ3) is 1.43. The van der Waals surface area contributed by atoms with Crippen molar-refractivity contribution >= 4 is 18.6 Å². The molecule has 1 atom stereocenters. The van der Waals surface area contributed by atoms with Crippen LogP contribution in [0.2, 0.25) is 18.6 Å². The Hall–Kier alpha value is 0.394. The van der Waals surface area contributed by atoms with E-state index in [4.69, 9.17) is 0 Å². The van der Waals surface area contributed by atoms with Crippen molar-refractivity contribution < 1.29 is 0 Å². The van der Waals surface area contributed by atoms with Gasteiger partial charge in [-0.15, -0.1) is 0 Å². The van der Waals surface area contributed by atoms with E-state index in [1.165, 1.54) is 0 Å². The molecule has 0 bridgehead atoms. The molecule has 1 aliphatic rings. The standard InChI is InChI=1S/C5H15NSi2/c1-6-7-4-3-5-8(6)2/h8H,3-5,7H2,1-2H3. The van der Waals surface area contributed by atoms with E-state index in [0.29, 0.717) is 0 Å². The minimum Gasteiger partial charge on any atom is -0.355 e. The molecule has 0 amide bonds. The van der Waals surface area contributed by atoms with E-state index in [0.717, 1.165) is 0 Å². The minimum absolute atomic E-state index is 0.280. The Morgan fingerprint density at radius 1 is 1.62 bits per heavy atom. The van der Waals surface area contributed by atoms with Crippen LogP contribution >= 0.6 is 0 Å². The molecule has 0 aromatic rings. The van der Waals surface area contributed by atoms with Crippen LogP contribution in [0.25, 0.3) is 0 Å². The summed E-state index contributed by atoms with van der Waals surface area (Å²) in [6, 6.07) is 3.15.